The fourth-order valence-electron chi connectivity index (χ4n) is 1.04. The van der Waals surface area contributed by atoms with Gasteiger partial charge in [-0.3, -0.25) is 0 Å². The molecule has 7 heteroatoms. The first-order valence-corrected chi connectivity index (χ1v) is 3.96. The van der Waals surface area contributed by atoms with Gasteiger partial charge in [-0.25, -0.2) is 0 Å². The fraction of sp³-hybridized carbons (Fsp3) is 0.500. The second-order valence-corrected chi connectivity index (χ2v) is 2.54. The van der Waals surface area contributed by atoms with E-state index in [1.165, 1.54) is 0 Å². The molecule has 0 spiro atoms. The van der Waals surface area contributed by atoms with Gasteiger partial charge in [-0.2, -0.15) is 0 Å². The SMILES string of the molecule is CCCc1nnnc2nnnnc12. The molecule has 0 radical (unpaired) electrons. The zero-order valence-electron chi connectivity index (χ0n) is 7.04. The predicted octanol–water partition coefficient (Wildman–Crippen LogP) is -0.443. The monoisotopic (exact) mass is 177 g/mol. The quantitative estimate of drug-likeness (QED) is 0.613. The number of hydrogen-bond donors (Lipinski definition) is 0. The molecule has 13 heavy (non-hydrogen) atoms. The first kappa shape index (κ1) is 7.84. The zero-order valence-corrected chi connectivity index (χ0v) is 7.04. The van der Waals surface area contributed by atoms with Crippen molar-refractivity contribution in [2.24, 2.45) is 0 Å². The molecule has 0 aliphatic carbocycles. The number of hydrogen-bond acceptors (Lipinski definition) is 7. The highest BCUT2D eigenvalue weighted by Crippen LogP contribution is 2.07. The maximum atomic E-state index is 3.87. The van der Waals surface area contributed by atoms with Gasteiger partial charge < -0.3 is 0 Å². The first-order valence-electron chi connectivity index (χ1n) is 3.96. The van der Waals surface area contributed by atoms with Crippen molar-refractivity contribution in [3.05, 3.63) is 5.69 Å². The van der Waals surface area contributed by atoms with Crippen LogP contribution in [0.15, 0.2) is 0 Å². The smallest absolute Gasteiger partial charge is 0.133 e. The van der Waals surface area contributed by atoms with Crippen LogP contribution >= 0.6 is 0 Å². The lowest BCUT2D eigenvalue weighted by Gasteiger charge is -1.96. The minimum atomic E-state index is 0.397. The molecule has 66 valence electrons. The van der Waals surface area contributed by atoms with Crippen molar-refractivity contribution < 1.29 is 0 Å². The Bertz CT molecular complexity index is 409. The van der Waals surface area contributed by atoms with Crippen molar-refractivity contribution in [2.45, 2.75) is 19.8 Å². The van der Waals surface area contributed by atoms with Crippen molar-refractivity contribution >= 4 is 11.2 Å². The Morgan fingerprint density at radius 2 is 1.69 bits per heavy atom. The Morgan fingerprint density at radius 1 is 0.923 bits per heavy atom. The van der Waals surface area contributed by atoms with E-state index in [4.69, 9.17) is 0 Å². The van der Waals surface area contributed by atoms with Crippen LogP contribution in [0.1, 0.15) is 19.0 Å². The molecule has 2 heterocycles. The van der Waals surface area contributed by atoms with Crippen LogP contribution in [0.25, 0.3) is 11.2 Å². The van der Waals surface area contributed by atoms with Crippen molar-refractivity contribution in [3.63, 3.8) is 0 Å². The van der Waals surface area contributed by atoms with Crippen molar-refractivity contribution in [1.82, 2.24) is 36.0 Å². The molecule has 0 unspecified atom stereocenters. The van der Waals surface area contributed by atoms with Crippen molar-refractivity contribution in [2.75, 3.05) is 0 Å². The van der Waals surface area contributed by atoms with Crippen LogP contribution in [0.4, 0.5) is 0 Å². The second kappa shape index (κ2) is 3.30. The summed E-state index contributed by atoms with van der Waals surface area (Å²) in [5, 5.41) is 25.4. The van der Waals surface area contributed by atoms with E-state index in [1.807, 2.05) is 0 Å². The van der Waals surface area contributed by atoms with Gasteiger partial charge in [0.15, 0.2) is 5.52 Å². The topological polar surface area (TPSA) is 90.2 Å². The highest BCUT2D eigenvalue weighted by molar-refractivity contribution is 5.69. The molecule has 0 atom stereocenters. The molecule has 0 saturated carbocycles. The summed E-state index contributed by atoms with van der Waals surface area (Å²) in [6, 6.07) is 0. The zero-order chi connectivity index (χ0) is 9.10. The molecule has 0 bridgehead atoms. The van der Waals surface area contributed by atoms with Crippen LogP contribution in [-0.2, 0) is 6.42 Å². The van der Waals surface area contributed by atoms with Gasteiger partial charge in [0.25, 0.3) is 0 Å². The molecule has 0 saturated heterocycles. The molecule has 0 aliphatic heterocycles. The van der Waals surface area contributed by atoms with Gasteiger partial charge in [-0.05, 0) is 22.1 Å². The molecule has 2 aromatic rings. The van der Waals surface area contributed by atoms with Gasteiger partial charge in [0.05, 0.1) is 5.69 Å². The highest BCUT2D eigenvalue weighted by Gasteiger charge is 2.06. The van der Waals surface area contributed by atoms with E-state index >= 15 is 0 Å². The summed E-state index contributed by atoms with van der Waals surface area (Å²) in [5.41, 5.74) is 1.76. The third-order valence-electron chi connectivity index (χ3n) is 1.60. The number of fused-ring (bicyclic) bond motifs is 1. The molecule has 0 aliphatic rings. The van der Waals surface area contributed by atoms with Crippen LogP contribution < -0.4 is 0 Å². The van der Waals surface area contributed by atoms with Gasteiger partial charge in [0.2, 0.25) is 5.65 Å². The Hall–Kier alpha value is -1.79. The summed E-state index contributed by atoms with van der Waals surface area (Å²) in [6.07, 6.45) is 1.77. The van der Waals surface area contributed by atoms with Crippen molar-refractivity contribution in [1.29, 1.82) is 0 Å². The summed E-state index contributed by atoms with van der Waals surface area (Å²) in [7, 11) is 0. The molecule has 0 amide bonds. The highest BCUT2D eigenvalue weighted by atomic mass is 15.5. The lowest BCUT2D eigenvalue weighted by Crippen LogP contribution is -2.03. The molecular formula is C6H7N7. The Balaban J connectivity index is 2.61. The molecular weight excluding hydrogens is 170 g/mol. The number of aryl methyl sites for hydroxylation is 1. The van der Waals surface area contributed by atoms with Crippen molar-refractivity contribution in [3.8, 4) is 0 Å². The number of rotatable bonds is 2. The standard InChI is InChI=1S/C6H7N7/c1-2-3-4-5-6(9-11-7-4)10-13-12-8-5/h2-3H2,1H3. The minimum absolute atomic E-state index is 0.397. The molecule has 7 nitrogen and oxygen atoms in total. The van der Waals surface area contributed by atoms with Crippen LogP contribution in [0.5, 0.6) is 0 Å². The van der Waals surface area contributed by atoms with Gasteiger partial charge in [-0.1, -0.05) is 13.3 Å². The lowest BCUT2D eigenvalue weighted by atomic mass is 10.2. The lowest BCUT2D eigenvalue weighted by molar-refractivity contribution is 0.739. The molecule has 0 N–H and O–H groups in total. The van der Waals surface area contributed by atoms with Crippen LogP contribution in [0.3, 0.4) is 0 Å². The average Bonchev–Trinajstić information content (AvgIpc) is 2.19. The van der Waals surface area contributed by atoms with E-state index in [2.05, 4.69) is 43.0 Å². The van der Waals surface area contributed by atoms with E-state index in [0.717, 1.165) is 18.5 Å². The Kier molecular flexibility index (Phi) is 1.99. The predicted molar refractivity (Wildman–Crippen MR) is 42.5 cm³/mol. The summed E-state index contributed by atoms with van der Waals surface area (Å²) in [6.45, 7) is 2.05. The van der Waals surface area contributed by atoms with Gasteiger partial charge >= 0.3 is 0 Å². The Labute approximate surface area is 73.6 Å². The molecule has 0 aromatic carbocycles. The molecule has 2 aromatic heterocycles. The average molecular weight is 177 g/mol. The van der Waals surface area contributed by atoms with E-state index in [1.54, 1.807) is 0 Å². The largest absolute Gasteiger partial charge is 0.229 e. The van der Waals surface area contributed by atoms with Gasteiger partial charge in [0.1, 0.15) is 0 Å². The van der Waals surface area contributed by atoms with Crippen LogP contribution in [0.2, 0.25) is 0 Å². The minimum Gasteiger partial charge on any atom is -0.133 e. The fourth-order valence-corrected chi connectivity index (χ4v) is 1.04. The molecule has 0 fully saturated rings. The summed E-state index contributed by atoms with van der Waals surface area (Å²) in [5.74, 6) is 0. The molecule has 2 rings (SSSR count). The second-order valence-electron chi connectivity index (χ2n) is 2.54. The van der Waals surface area contributed by atoms with Crippen LogP contribution in [-0.4, -0.2) is 36.0 Å². The summed E-state index contributed by atoms with van der Waals surface area (Å²) in [4.78, 5) is 0. The first-order chi connectivity index (χ1) is 6.42. The van der Waals surface area contributed by atoms with E-state index in [0.29, 0.717) is 11.2 Å². The normalized spacial score (nSPS) is 10.5. The maximum Gasteiger partial charge on any atom is 0.229 e. The number of nitrogens with zero attached hydrogens (tertiary/aromatic N) is 7. The van der Waals surface area contributed by atoms with E-state index < -0.39 is 0 Å². The Morgan fingerprint density at radius 3 is 2.54 bits per heavy atom. The third kappa shape index (κ3) is 1.40. The van der Waals surface area contributed by atoms with Crippen LogP contribution in [0, 0.1) is 0 Å². The summed E-state index contributed by atoms with van der Waals surface area (Å²) >= 11 is 0. The van der Waals surface area contributed by atoms with E-state index in [9.17, 15) is 0 Å². The van der Waals surface area contributed by atoms with Gasteiger partial charge in [0, 0.05) is 0 Å². The summed E-state index contributed by atoms with van der Waals surface area (Å²) < 4.78 is 0. The van der Waals surface area contributed by atoms with Gasteiger partial charge in [-0.15, -0.1) is 20.4 Å². The third-order valence-corrected chi connectivity index (χ3v) is 1.60. The maximum absolute atomic E-state index is 3.87. The van der Waals surface area contributed by atoms with E-state index in [-0.39, 0.29) is 0 Å². The number of aromatic nitrogens is 7.